The second-order valence-electron chi connectivity index (χ2n) is 5.55. The lowest BCUT2D eigenvalue weighted by molar-refractivity contribution is 0.211. The second-order valence-corrected chi connectivity index (χ2v) is 5.55. The van der Waals surface area contributed by atoms with Gasteiger partial charge in [0.2, 0.25) is 0 Å². The highest BCUT2D eigenvalue weighted by atomic mass is 19.1. The van der Waals surface area contributed by atoms with Gasteiger partial charge in [0.1, 0.15) is 5.82 Å². The number of hydrogen-bond donors (Lipinski definition) is 1. The number of likely N-dealkylation sites (N-methyl/N-ethyl adjacent to an activating group) is 1. The average Bonchev–Trinajstić information content (AvgIpc) is 2.34. The molecule has 2 nitrogen and oxygen atoms in total. The Morgan fingerprint density at radius 1 is 1.32 bits per heavy atom. The van der Waals surface area contributed by atoms with Crippen molar-refractivity contribution in [1.82, 2.24) is 10.2 Å². The number of rotatable bonds is 8. The molecule has 0 aliphatic rings. The summed E-state index contributed by atoms with van der Waals surface area (Å²) in [5, 5.41) is 3.49. The fraction of sp³-hybridized carbons (Fsp3) is 0.625. The summed E-state index contributed by atoms with van der Waals surface area (Å²) in [6.45, 7) is 8.31. The van der Waals surface area contributed by atoms with Crippen molar-refractivity contribution >= 4 is 0 Å². The minimum atomic E-state index is -0.154. The zero-order valence-electron chi connectivity index (χ0n) is 12.6. The van der Waals surface area contributed by atoms with E-state index in [4.69, 9.17) is 0 Å². The number of nitrogens with zero attached hydrogens (tertiary/aromatic N) is 1. The van der Waals surface area contributed by atoms with Crippen molar-refractivity contribution in [2.24, 2.45) is 0 Å². The normalized spacial score (nSPS) is 13.2. The van der Waals surface area contributed by atoms with E-state index >= 15 is 0 Å². The number of hydrogen-bond acceptors (Lipinski definition) is 2. The Labute approximate surface area is 117 Å². The molecule has 3 heteroatoms. The molecule has 19 heavy (non-hydrogen) atoms. The molecule has 0 bridgehead atoms. The quantitative estimate of drug-likeness (QED) is 0.775. The van der Waals surface area contributed by atoms with Crippen molar-refractivity contribution in [3.63, 3.8) is 0 Å². The molecule has 108 valence electrons. The third-order valence-electron chi connectivity index (χ3n) is 3.33. The highest BCUT2D eigenvalue weighted by molar-refractivity contribution is 5.16. The molecule has 1 atom stereocenters. The fourth-order valence-corrected chi connectivity index (χ4v) is 2.24. The first-order valence-electron chi connectivity index (χ1n) is 7.21. The van der Waals surface area contributed by atoms with Gasteiger partial charge in [0.05, 0.1) is 0 Å². The Kier molecular flexibility index (Phi) is 7.03. The summed E-state index contributed by atoms with van der Waals surface area (Å²) in [7, 11) is 2.12. The van der Waals surface area contributed by atoms with Crippen molar-refractivity contribution in [1.29, 1.82) is 0 Å². The van der Waals surface area contributed by atoms with Crippen LogP contribution >= 0.6 is 0 Å². The summed E-state index contributed by atoms with van der Waals surface area (Å²) in [6.07, 6.45) is 2.32. The highest BCUT2D eigenvalue weighted by Gasteiger charge is 2.14. The summed E-state index contributed by atoms with van der Waals surface area (Å²) in [4.78, 5) is 2.31. The van der Waals surface area contributed by atoms with Crippen LogP contribution in [0.25, 0.3) is 0 Å². The third-order valence-corrected chi connectivity index (χ3v) is 3.33. The van der Waals surface area contributed by atoms with Gasteiger partial charge in [-0.1, -0.05) is 39.3 Å². The molecule has 1 rings (SSSR count). The SMILES string of the molecule is CCCC(CNC(C)C)N(C)Cc1cccc(F)c1. The predicted octanol–water partition coefficient (Wildman–Crippen LogP) is 3.42. The van der Waals surface area contributed by atoms with Crippen LogP contribution in [0.2, 0.25) is 0 Å². The van der Waals surface area contributed by atoms with E-state index in [1.54, 1.807) is 12.1 Å². The van der Waals surface area contributed by atoms with Gasteiger partial charge in [-0.15, -0.1) is 0 Å². The summed E-state index contributed by atoms with van der Waals surface area (Å²) in [6, 6.07) is 7.87. The molecule has 0 fully saturated rings. The minimum Gasteiger partial charge on any atom is -0.313 e. The number of benzene rings is 1. The van der Waals surface area contributed by atoms with Crippen molar-refractivity contribution < 1.29 is 4.39 Å². The van der Waals surface area contributed by atoms with Crippen LogP contribution in [0.4, 0.5) is 4.39 Å². The molecule has 0 aliphatic carbocycles. The molecule has 1 N–H and O–H groups in total. The highest BCUT2D eigenvalue weighted by Crippen LogP contribution is 2.11. The lowest BCUT2D eigenvalue weighted by Gasteiger charge is -2.29. The Hall–Kier alpha value is -0.930. The average molecular weight is 266 g/mol. The molecule has 0 aromatic heterocycles. The van der Waals surface area contributed by atoms with E-state index in [0.29, 0.717) is 12.1 Å². The van der Waals surface area contributed by atoms with Gasteiger partial charge in [-0.3, -0.25) is 4.90 Å². The van der Waals surface area contributed by atoms with Gasteiger partial charge in [-0.2, -0.15) is 0 Å². The smallest absolute Gasteiger partial charge is 0.123 e. The molecular formula is C16H27FN2. The minimum absolute atomic E-state index is 0.154. The topological polar surface area (TPSA) is 15.3 Å². The van der Waals surface area contributed by atoms with E-state index in [1.807, 2.05) is 6.07 Å². The molecule has 1 aromatic rings. The van der Waals surface area contributed by atoms with Crippen LogP contribution in [0.15, 0.2) is 24.3 Å². The van der Waals surface area contributed by atoms with Crippen LogP contribution in [0.5, 0.6) is 0 Å². The molecule has 1 aromatic carbocycles. The zero-order valence-corrected chi connectivity index (χ0v) is 12.6. The predicted molar refractivity (Wildman–Crippen MR) is 79.7 cm³/mol. The van der Waals surface area contributed by atoms with E-state index in [-0.39, 0.29) is 5.82 Å². The Bertz CT molecular complexity index is 366. The molecule has 0 spiro atoms. The van der Waals surface area contributed by atoms with Gasteiger partial charge in [-0.05, 0) is 31.2 Å². The summed E-state index contributed by atoms with van der Waals surface area (Å²) < 4.78 is 13.2. The molecule has 0 heterocycles. The maximum Gasteiger partial charge on any atom is 0.123 e. The van der Waals surface area contributed by atoms with Crippen LogP contribution in [-0.2, 0) is 6.54 Å². The van der Waals surface area contributed by atoms with Crippen LogP contribution < -0.4 is 5.32 Å². The lowest BCUT2D eigenvalue weighted by Crippen LogP contribution is -2.41. The van der Waals surface area contributed by atoms with Crippen LogP contribution in [0.3, 0.4) is 0 Å². The van der Waals surface area contributed by atoms with E-state index in [2.05, 4.69) is 38.0 Å². The summed E-state index contributed by atoms with van der Waals surface area (Å²) >= 11 is 0. The molecular weight excluding hydrogens is 239 g/mol. The van der Waals surface area contributed by atoms with E-state index in [1.165, 1.54) is 6.07 Å². The van der Waals surface area contributed by atoms with Crippen molar-refractivity contribution in [2.75, 3.05) is 13.6 Å². The van der Waals surface area contributed by atoms with Crippen molar-refractivity contribution in [2.45, 2.75) is 52.2 Å². The van der Waals surface area contributed by atoms with Gasteiger partial charge in [-0.25, -0.2) is 4.39 Å². The molecule has 0 aliphatic heterocycles. The van der Waals surface area contributed by atoms with Gasteiger partial charge in [0, 0.05) is 25.2 Å². The van der Waals surface area contributed by atoms with Gasteiger partial charge in [0.15, 0.2) is 0 Å². The van der Waals surface area contributed by atoms with Crippen molar-refractivity contribution in [3.05, 3.63) is 35.6 Å². The number of halogens is 1. The number of nitrogens with one attached hydrogen (secondary N) is 1. The van der Waals surface area contributed by atoms with Gasteiger partial charge in [0.25, 0.3) is 0 Å². The molecule has 0 amide bonds. The first-order valence-corrected chi connectivity index (χ1v) is 7.21. The Morgan fingerprint density at radius 3 is 2.63 bits per heavy atom. The molecule has 0 saturated heterocycles. The summed E-state index contributed by atoms with van der Waals surface area (Å²) in [5.74, 6) is -0.154. The molecule has 1 unspecified atom stereocenters. The standard InChI is InChI=1S/C16H27FN2/c1-5-7-16(11-18-13(2)3)19(4)12-14-8-6-9-15(17)10-14/h6,8-10,13,16,18H,5,7,11-12H2,1-4H3. The first-order chi connectivity index (χ1) is 9.02. The van der Waals surface area contributed by atoms with E-state index < -0.39 is 0 Å². The van der Waals surface area contributed by atoms with Crippen molar-refractivity contribution in [3.8, 4) is 0 Å². The Balaban J connectivity index is 2.57. The maximum absolute atomic E-state index is 13.2. The summed E-state index contributed by atoms with van der Waals surface area (Å²) in [5.41, 5.74) is 1.04. The van der Waals surface area contributed by atoms with Crippen LogP contribution in [0, 0.1) is 5.82 Å². The van der Waals surface area contributed by atoms with E-state index in [0.717, 1.165) is 31.5 Å². The lowest BCUT2D eigenvalue weighted by atomic mass is 10.1. The monoisotopic (exact) mass is 266 g/mol. The van der Waals surface area contributed by atoms with Gasteiger partial charge < -0.3 is 5.32 Å². The molecule has 0 radical (unpaired) electrons. The van der Waals surface area contributed by atoms with Gasteiger partial charge >= 0.3 is 0 Å². The molecule has 0 saturated carbocycles. The van der Waals surface area contributed by atoms with Crippen LogP contribution in [0.1, 0.15) is 39.2 Å². The largest absolute Gasteiger partial charge is 0.313 e. The van der Waals surface area contributed by atoms with Crippen LogP contribution in [-0.4, -0.2) is 30.6 Å². The Morgan fingerprint density at radius 2 is 2.05 bits per heavy atom. The fourth-order valence-electron chi connectivity index (χ4n) is 2.24. The zero-order chi connectivity index (χ0) is 14.3. The second kappa shape index (κ2) is 8.28. The maximum atomic E-state index is 13.2. The third kappa shape index (κ3) is 6.17. The van der Waals surface area contributed by atoms with E-state index in [9.17, 15) is 4.39 Å². The first kappa shape index (κ1) is 16.1.